The van der Waals surface area contributed by atoms with Crippen molar-refractivity contribution in [3.05, 3.63) is 48.4 Å². The second kappa shape index (κ2) is 3.90. The third-order valence-electron chi connectivity index (χ3n) is 2.57. The maximum absolute atomic E-state index is 11.7. The van der Waals surface area contributed by atoms with Crippen LogP contribution in [0.15, 0.2) is 47.7 Å². The van der Waals surface area contributed by atoms with Crippen LogP contribution < -0.4 is 0 Å². The highest BCUT2D eigenvalue weighted by atomic mass is 16.1. The lowest BCUT2D eigenvalue weighted by Gasteiger charge is -2.06. The maximum atomic E-state index is 11.7. The van der Waals surface area contributed by atoms with Crippen molar-refractivity contribution in [2.75, 3.05) is 0 Å². The molecule has 0 bridgehead atoms. The number of aromatic nitrogens is 2. The number of para-hydroxylation sites is 2. The van der Waals surface area contributed by atoms with E-state index in [2.05, 4.69) is 15.0 Å². The number of Topliss-reactive ketones (excluding diaryl/α,β-unsaturated/α-hetero) is 1. The Morgan fingerprint density at radius 1 is 1.12 bits per heavy atom. The van der Waals surface area contributed by atoms with Crippen molar-refractivity contribution in [2.24, 2.45) is 4.99 Å². The largest absolute Gasteiger partial charge is 0.292 e. The van der Waals surface area contributed by atoms with E-state index in [0.29, 0.717) is 17.8 Å². The maximum Gasteiger partial charge on any atom is 0.187 e. The van der Waals surface area contributed by atoms with Crippen molar-refractivity contribution in [3.8, 4) is 0 Å². The molecular weight excluding hydrogens is 214 g/mol. The van der Waals surface area contributed by atoms with Gasteiger partial charge in [-0.2, -0.15) is 0 Å². The summed E-state index contributed by atoms with van der Waals surface area (Å²) in [5.74, 6) is -0.0166. The standard InChI is InChI=1S/C13H9N3O/c17-12-6-3-7-14-13(12)11-8-15-9-4-1-2-5-10(9)16-11/h1-5,7-8H,6H2. The van der Waals surface area contributed by atoms with Crippen LogP contribution >= 0.6 is 0 Å². The summed E-state index contributed by atoms with van der Waals surface area (Å²) in [5.41, 5.74) is 2.52. The van der Waals surface area contributed by atoms with Crippen molar-refractivity contribution in [3.63, 3.8) is 0 Å². The highest BCUT2D eigenvalue weighted by Crippen LogP contribution is 2.11. The van der Waals surface area contributed by atoms with E-state index in [4.69, 9.17) is 0 Å². The number of hydrogen-bond donors (Lipinski definition) is 0. The average Bonchev–Trinajstić information content (AvgIpc) is 2.39. The number of carbonyl (C=O) groups is 1. The van der Waals surface area contributed by atoms with Crippen molar-refractivity contribution >= 4 is 22.5 Å². The van der Waals surface area contributed by atoms with Crippen molar-refractivity contribution in [1.29, 1.82) is 0 Å². The molecule has 1 aromatic heterocycles. The Bertz CT molecular complexity index is 659. The molecule has 0 N–H and O–H groups in total. The van der Waals surface area contributed by atoms with Crippen LogP contribution in [0.4, 0.5) is 0 Å². The normalized spacial score (nSPS) is 15.1. The monoisotopic (exact) mass is 223 g/mol. The van der Waals surface area contributed by atoms with E-state index in [1.54, 1.807) is 18.5 Å². The van der Waals surface area contributed by atoms with Gasteiger partial charge in [0.15, 0.2) is 5.78 Å². The van der Waals surface area contributed by atoms with Gasteiger partial charge in [-0.1, -0.05) is 18.2 Å². The van der Waals surface area contributed by atoms with Gasteiger partial charge >= 0.3 is 0 Å². The molecular formula is C13H9N3O. The summed E-state index contributed by atoms with van der Waals surface area (Å²) in [4.78, 5) is 24.4. The molecule has 0 spiro atoms. The second-order valence-electron chi connectivity index (χ2n) is 3.73. The number of allylic oxidation sites excluding steroid dienone is 1. The van der Waals surface area contributed by atoms with Crippen molar-refractivity contribution in [1.82, 2.24) is 9.97 Å². The summed E-state index contributed by atoms with van der Waals surface area (Å²) < 4.78 is 0. The Labute approximate surface area is 97.7 Å². The van der Waals surface area contributed by atoms with E-state index in [-0.39, 0.29) is 5.78 Å². The molecule has 1 aromatic carbocycles. The summed E-state index contributed by atoms with van der Waals surface area (Å²) in [6.07, 6.45) is 5.35. The summed E-state index contributed by atoms with van der Waals surface area (Å²) in [6, 6.07) is 7.56. The van der Waals surface area contributed by atoms with E-state index < -0.39 is 0 Å². The molecule has 4 nitrogen and oxygen atoms in total. The number of benzene rings is 1. The Hall–Kier alpha value is -2.36. The molecule has 0 atom stereocenters. The smallest absolute Gasteiger partial charge is 0.187 e. The summed E-state index contributed by atoms with van der Waals surface area (Å²) >= 11 is 0. The molecule has 3 rings (SSSR count). The quantitative estimate of drug-likeness (QED) is 0.742. The number of carbonyl (C=O) groups excluding carboxylic acids is 1. The van der Waals surface area contributed by atoms with Crippen LogP contribution in [-0.2, 0) is 4.79 Å². The SMILES string of the molecule is O=C1CC=CN=C1c1cnc2ccccc2n1. The molecule has 1 aliphatic rings. The molecule has 2 aromatic rings. The van der Waals surface area contributed by atoms with Gasteiger partial charge in [0, 0.05) is 12.6 Å². The number of fused-ring (bicyclic) bond motifs is 1. The van der Waals surface area contributed by atoms with Crippen LogP contribution in [0.2, 0.25) is 0 Å². The van der Waals surface area contributed by atoms with Crippen LogP contribution in [0.25, 0.3) is 11.0 Å². The van der Waals surface area contributed by atoms with Gasteiger partial charge in [0.2, 0.25) is 0 Å². The van der Waals surface area contributed by atoms with E-state index >= 15 is 0 Å². The Morgan fingerprint density at radius 3 is 2.76 bits per heavy atom. The van der Waals surface area contributed by atoms with E-state index in [1.807, 2.05) is 24.3 Å². The predicted molar refractivity (Wildman–Crippen MR) is 64.8 cm³/mol. The molecule has 17 heavy (non-hydrogen) atoms. The molecule has 0 aliphatic carbocycles. The molecule has 1 aliphatic heterocycles. The van der Waals surface area contributed by atoms with Gasteiger partial charge in [0.25, 0.3) is 0 Å². The molecule has 2 heterocycles. The lowest BCUT2D eigenvalue weighted by molar-refractivity contribution is -0.112. The van der Waals surface area contributed by atoms with Gasteiger partial charge in [-0.25, -0.2) is 4.98 Å². The highest BCUT2D eigenvalue weighted by molar-refractivity contribution is 6.46. The Morgan fingerprint density at radius 2 is 1.94 bits per heavy atom. The fourth-order valence-corrected chi connectivity index (χ4v) is 1.74. The lowest BCUT2D eigenvalue weighted by atomic mass is 10.1. The fourth-order valence-electron chi connectivity index (χ4n) is 1.74. The van der Waals surface area contributed by atoms with Crippen LogP contribution in [-0.4, -0.2) is 21.5 Å². The van der Waals surface area contributed by atoms with Crippen LogP contribution in [0, 0.1) is 0 Å². The lowest BCUT2D eigenvalue weighted by Crippen LogP contribution is -2.18. The molecule has 4 heteroatoms. The minimum Gasteiger partial charge on any atom is -0.292 e. The fraction of sp³-hybridized carbons (Fsp3) is 0.0769. The average molecular weight is 223 g/mol. The van der Waals surface area contributed by atoms with Crippen molar-refractivity contribution in [2.45, 2.75) is 6.42 Å². The molecule has 0 saturated heterocycles. The molecule has 0 fully saturated rings. The molecule has 0 saturated carbocycles. The molecule has 0 amide bonds. The zero-order valence-corrected chi connectivity index (χ0v) is 9.00. The van der Waals surface area contributed by atoms with Gasteiger partial charge in [-0.05, 0) is 12.1 Å². The zero-order valence-electron chi connectivity index (χ0n) is 9.00. The topological polar surface area (TPSA) is 55.2 Å². The Kier molecular flexibility index (Phi) is 2.26. The van der Waals surface area contributed by atoms with Crippen LogP contribution in [0.5, 0.6) is 0 Å². The Balaban J connectivity index is 2.15. The number of ketones is 1. The van der Waals surface area contributed by atoms with Gasteiger partial charge < -0.3 is 0 Å². The van der Waals surface area contributed by atoms with Crippen LogP contribution in [0.3, 0.4) is 0 Å². The van der Waals surface area contributed by atoms with Gasteiger partial charge in [-0.15, -0.1) is 0 Å². The van der Waals surface area contributed by atoms with Gasteiger partial charge in [-0.3, -0.25) is 14.8 Å². The highest BCUT2D eigenvalue weighted by Gasteiger charge is 2.16. The second-order valence-corrected chi connectivity index (χ2v) is 3.73. The molecule has 0 radical (unpaired) electrons. The van der Waals surface area contributed by atoms with E-state index in [1.165, 1.54) is 0 Å². The summed E-state index contributed by atoms with van der Waals surface area (Å²) in [7, 11) is 0. The molecule has 82 valence electrons. The minimum absolute atomic E-state index is 0.0166. The first-order chi connectivity index (χ1) is 8.34. The first-order valence-corrected chi connectivity index (χ1v) is 5.33. The first-order valence-electron chi connectivity index (χ1n) is 5.33. The molecule has 0 unspecified atom stereocenters. The number of rotatable bonds is 1. The summed E-state index contributed by atoms with van der Waals surface area (Å²) in [6.45, 7) is 0. The van der Waals surface area contributed by atoms with Gasteiger partial charge in [0.05, 0.1) is 17.2 Å². The third-order valence-corrected chi connectivity index (χ3v) is 2.57. The van der Waals surface area contributed by atoms with Crippen molar-refractivity contribution < 1.29 is 4.79 Å². The summed E-state index contributed by atoms with van der Waals surface area (Å²) in [5, 5.41) is 0. The number of aliphatic imine (C=N–C) groups is 1. The van der Waals surface area contributed by atoms with E-state index in [0.717, 1.165) is 11.0 Å². The van der Waals surface area contributed by atoms with Crippen LogP contribution in [0.1, 0.15) is 12.1 Å². The number of nitrogens with zero attached hydrogens (tertiary/aromatic N) is 3. The predicted octanol–water partition coefficient (Wildman–Crippen LogP) is 1.91. The van der Waals surface area contributed by atoms with E-state index in [9.17, 15) is 4.79 Å². The zero-order chi connectivity index (χ0) is 11.7. The minimum atomic E-state index is -0.0166. The number of hydrogen-bond acceptors (Lipinski definition) is 4. The first kappa shape index (κ1) is 9.84. The third kappa shape index (κ3) is 1.73. The van der Waals surface area contributed by atoms with Gasteiger partial charge in [0.1, 0.15) is 11.4 Å².